The molecule has 0 bridgehead atoms. The lowest BCUT2D eigenvalue weighted by atomic mass is 9.93. The fourth-order valence-corrected chi connectivity index (χ4v) is 4.23. The van der Waals surface area contributed by atoms with Gasteiger partial charge in [0, 0.05) is 38.2 Å². The maximum atomic E-state index is 5.47. The molecular formula is C21H39N5O. The van der Waals surface area contributed by atoms with E-state index < -0.39 is 0 Å². The minimum atomic E-state index is 0.578. The number of aromatic nitrogens is 1. The summed E-state index contributed by atoms with van der Waals surface area (Å²) in [6.07, 6.45) is 6.87. The molecule has 6 nitrogen and oxygen atoms in total. The quantitative estimate of drug-likeness (QED) is 0.483. The van der Waals surface area contributed by atoms with Crippen molar-refractivity contribution < 1.29 is 4.52 Å². The predicted molar refractivity (Wildman–Crippen MR) is 112 cm³/mol. The van der Waals surface area contributed by atoms with E-state index in [1.54, 1.807) is 0 Å². The van der Waals surface area contributed by atoms with Crippen molar-refractivity contribution in [3.05, 3.63) is 17.0 Å². The SMILES string of the molecule is CCc1noc(CC)c1CNC(=NC)NCC(C(CC)CC)N1CCCC1. The summed E-state index contributed by atoms with van der Waals surface area (Å²) in [5.74, 6) is 2.56. The lowest BCUT2D eigenvalue weighted by Crippen LogP contribution is -2.49. The fourth-order valence-electron chi connectivity index (χ4n) is 4.23. The molecule has 1 saturated heterocycles. The first-order valence-corrected chi connectivity index (χ1v) is 10.8. The molecule has 1 atom stereocenters. The summed E-state index contributed by atoms with van der Waals surface area (Å²) >= 11 is 0. The van der Waals surface area contributed by atoms with Crippen molar-refractivity contribution in [1.29, 1.82) is 0 Å². The van der Waals surface area contributed by atoms with Crippen LogP contribution in [0.15, 0.2) is 9.52 Å². The zero-order valence-electron chi connectivity index (χ0n) is 18.0. The van der Waals surface area contributed by atoms with Gasteiger partial charge in [-0.15, -0.1) is 0 Å². The van der Waals surface area contributed by atoms with Crippen LogP contribution in [0.25, 0.3) is 0 Å². The zero-order valence-corrected chi connectivity index (χ0v) is 18.0. The first-order valence-electron chi connectivity index (χ1n) is 10.8. The van der Waals surface area contributed by atoms with Gasteiger partial charge in [0.05, 0.1) is 5.69 Å². The Kier molecular flexibility index (Phi) is 9.11. The summed E-state index contributed by atoms with van der Waals surface area (Å²) in [6, 6.07) is 0.578. The Morgan fingerprint density at radius 3 is 2.37 bits per heavy atom. The Bertz CT molecular complexity index is 550. The van der Waals surface area contributed by atoms with Gasteiger partial charge in [0.2, 0.25) is 0 Å². The first kappa shape index (κ1) is 21.7. The third-order valence-electron chi connectivity index (χ3n) is 5.94. The largest absolute Gasteiger partial charge is 0.361 e. The number of likely N-dealkylation sites (tertiary alicyclic amines) is 1. The molecule has 2 N–H and O–H groups in total. The molecule has 27 heavy (non-hydrogen) atoms. The Balaban J connectivity index is 1.96. The van der Waals surface area contributed by atoms with Crippen LogP contribution in [-0.2, 0) is 19.4 Å². The van der Waals surface area contributed by atoms with Crippen LogP contribution in [0.5, 0.6) is 0 Å². The van der Waals surface area contributed by atoms with Crippen molar-refractivity contribution >= 4 is 5.96 Å². The lowest BCUT2D eigenvalue weighted by Gasteiger charge is -2.34. The van der Waals surface area contributed by atoms with E-state index in [4.69, 9.17) is 4.52 Å². The van der Waals surface area contributed by atoms with Gasteiger partial charge in [0.25, 0.3) is 0 Å². The zero-order chi connectivity index (χ0) is 19.6. The Morgan fingerprint density at radius 1 is 1.11 bits per heavy atom. The Labute approximate surface area is 165 Å². The van der Waals surface area contributed by atoms with E-state index in [-0.39, 0.29) is 0 Å². The molecule has 0 radical (unpaired) electrons. The van der Waals surface area contributed by atoms with E-state index in [9.17, 15) is 0 Å². The van der Waals surface area contributed by atoms with Crippen LogP contribution < -0.4 is 10.6 Å². The van der Waals surface area contributed by atoms with Crippen LogP contribution in [-0.4, -0.2) is 48.7 Å². The van der Waals surface area contributed by atoms with Crippen LogP contribution >= 0.6 is 0 Å². The average Bonchev–Trinajstić information content (AvgIpc) is 3.36. The van der Waals surface area contributed by atoms with Gasteiger partial charge in [0.1, 0.15) is 5.76 Å². The van der Waals surface area contributed by atoms with Crippen LogP contribution in [0, 0.1) is 5.92 Å². The van der Waals surface area contributed by atoms with Gasteiger partial charge in [-0.25, -0.2) is 0 Å². The summed E-state index contributed by atoms with van der Waals surface area (Å²) in [5, 5.41) is 11.2. The minimum Gasteiger partial charge on any atom is -0.361 e. The number of rotatable bonds is 10. The van der Waals surface area contributed by atoms with Gasteiger partial charge in [-0.2, -0.15) is 0 Å². The molecule has 0 aliphatic carbocycles. The average molecular weight is 378 g/mol. The molecule has 1 aromatic heterocycles. The van der Waals surface area contributed by atoms with Crippen molar-refractivity contribution in [2.24, 2.45) is 10.9 Å². The van der Waals surface area contributed by atoms with Gasteiger partial charge in [0.15, 0.2) is 5.96 Å². The molecule has 2 rings (SSSR count). The number of hydrogen-bond donors (Lipinski definition) is 2. The summed E-state index contributed by atoms with van der Waals surface area (Å²) < 4.78 is 5.47. The van der Waals surface area contributed by atoms with E-state index in [1.165, 1.54) is 44.3 Å². The van der Waals surface area contributed by atoms with Crippen molar-refractivity contribution in [2.75, 3.05) is 26.7 Å². The fraction of sp³-hybridized carbons (Fsp3) is 0.810. The third-order valence-corrected chi connectivity index (χ3v) is 5.94. The standard InChI is InChI=1S/C21H39N5O/c1-6-16(7-2)19(26-12-10-11-13-26)15-24-21(22-5)23-14-17-18(8-3)25-27-20(17)9-4/h16,19H,6-15H2,1-5H3,(H2,22,23,24). The molecule has 6 heteroatoms. The number of nitrogens with zero attached hydrogens (tertiary/aromatic N) is 3. The number of aliphatic imine (C=N–C) groups is 1. The molecule has 1 aliphatic heterocycles. The van der Waals surface area contributed by atoms with E-state index >= 15 is 0 Å². The first-order chi connectivity index (χ1) is 13.2. The molecule has 154 valence electrons. The summed E-state index contributed by atoms with van der Waals surface area (Å²) in [7, 11) is 1.84. The second-order valence-corrected chi connectivity index (χ2v) is 7.43. The molecule has 1 fully saturated rings. The number of aryl methyl sites for hydroxylation is 2. The van der Waals surface area contributed by atoms with Crippen LogP contribution in [0.3, 0.4) is 0 Å². The molecule has 2 heterocycles. The van der Waals surface area contributed by atoms with E-state index in [1.807, 2.05) is 7.05 Å². The summed E-state index contributed by atoms with van der Waals surface area (Å²) in [6.45, 7) is 13.0. The second kappa shape index (κ2) is 11.3. The monoisotopic (exact) mass is 377 g/mol. The maximum absolute atomic E-state index is 5.47. The van der Waals surface area contributed by atoms with Crippen LogP contribution in [0.4, 0.5) is 0 Å². The van der Waals surface area contributed by atoms with Gasteiger partial charge in [-0.05, 0) is 38.3 Å². The maximum Gasteiger partial charge on any atom is 0.191 e. The molecule has 0 saturated carbocycles. The van der Waals surface area contributed by atoms with E-state index in [2.05, 4.69) is 53.4 Å². The van der Waals surface area contributed by atoms with Gasteiger partial charge < -0.3 is 15.2 Å². The van der Waals surface area contributed by atoms with Crippen LogP contribution in [0.2, 0.25) is 0 Å². The highest BCUT2D eigenvalue weighted by molar-refractivity contribution is 5.79. The van der Waals surface area contributed by atoms with Gasteiger partial charge in [-0.1, -0.05) is 45.7 Å². The van der Waals surface area contributed by atoms with Gasteiger partial charge >= 0.3 is 0 Å². The third kappa shape index (κ3) is 5.71. The van der Waals surface area contributed by atoms with Gasteiger partial charge in [-0.3, -0.25) is 9.89 Å². The topological polar surface area (TPSA) is 65.7 Å². The Morgan fingerprint density at radius 2 is 1.81 bits per heavy atom. The van der Waals surface area contributed by atoms with Crippen molar-refractivity contribution in [3.63, 3.8) is 0 Å². The highest BCUT2D eigenvalue weighted by atomic mass is 16.5. The highest BCUT2D eigenvalue weighted by Crippen LogP contribution is 2.22. The summed E-state index contributed by atoms with van der Waals surface area (Å²) in [5.41, 5.74) is 2.22. The molecule has 1 aromatic rings. The van der Waals surface area contributed by atoms with Crippen molar-refractivity contribution in [2.45, 2.75) is 78.8 Å². The number of guanidine groups is 1. The predicted octanol–water partition coefficient (Wildman–Crippen LogP) is 3.37. The number of nitrogens with one attached hydrogen (secondary N) is 2. The summed E-state index contributed by atoms with van der Waals surface area (Å²) in [4.78, 5) is 7.10. The van der Waals surface area contributed by atoms with Crippen LogP contribution in [0.1, 0.15) is 70.4 Å². The molecule has 1 aliphatic rings. The second-order valence-electron chi connectivity index (χ2n) is 7.43. The lowest BCUT2D eigenvalue weighted by molar-refractivity contribution is 0.166. The molecule has 0 aromatic carbocycles. The molecule has 0 amide bonds. The highest BCUT2D eigenvalue weighted by Gasteiger charge is 2.27. The van der Waals surface area contributed by atoms with Crippen molar-refractivity contribution in [1.82, 2.24) is 20.7 Å². The van der Waals surface area contributed by atoms with Crippen molar-refractivity contribution in [3.8, 4) is 0 Å². The molecule has 1 unspecified atom stereocenters. The Hall–Kier alpha value is -1.56. The molecule has 0 spiro atoms. The van der Waals surface area contributed by atoms with E-state index in [0.717, 1.165) is 42.7 Å². The normalized spacial score (nSPS) is 16.9. The smallest absolute Gasteiger partial charge is 0.191 e. The minimum absolute atomic E-state index is 0.578. The molecular weight excluding hydrogens is 338 g/mol. The number of hydrogen-bond acceptors (Lipinski definition) is 4. The van der Waals surface area contributed by atoms with E-state index in [0.29, 0.717) is 12.6 Å².